The highest BCUT2D eigenvalue weighted by Crippen LogP contribution is 2.21. The zero-order valence-corrected chi connectivity index (χ0v) is 13.4. The lowest BCUT2D eigenvalue weighted by molar-refractivity contribution is -0.384. The minimum Gasteiger partial charge on any atom is -0.369 e. The van der Waals surface area contributed by atoms with Gasteiger partial charge in [-0.25, -0.2) is 0 Å². The molecule has 0 atom stereocenters. The molecule has 0 N–H and O–H groups in total. The number of hydrogen-bond donors (Lipinski definition) is 0. The third kappa shape index (κ3) is 4.00. The molecule has 1 fully saturated rings. The van der Waals surface area contributed by atoms with Crippen LogP contribution in [0.5, 0.6) is 0 Å². The Morgan fingerprint density at radius 2 is 1.78 bits per heavy atom. The van der Waals surface area contributed by atoms with Crippen LogP contribution in [0.15, 0.2) is 48.5 Å². The van der Waals surface area contributed by atoms with E-state index in [-0.39, 0.29) is 10.6 Å². The van der Waals surface area contributed by atoms with E-state index in [1.807, 2.05) is 24.3 Å². The Balaban J connectivity index is 1.59. The number of hydrogen-bond acceptors (Lipinski definition) is 4. The van der Waals surface area contributed by atoms with Gasteiger partial charge in [0.05, 0.1) is 4.92 Å². The second kappa shape index (κ2) is 6.98. The van der Waals surface area contributed by atoms with Gasteiger partial charge in [-0.1, -0.05) is 29.8 Å². The predicted molar refractivity (Wildman–Crippen MR) is 92.0 cm³/mol. The van der Waals surface area contributed by atoms with Crippen molar-refractivity contribution in [2.24, 2.45) is 0 Å². The normalized spacial score (nSPS) is 15.6. The van der Waals surface area contributed by atoms with Crippen LogP contribution in [-0.4, -0.2) is 36.0 Å². The van der Waals surface area contributed by atoms with Crippen LogP contribution < -0.4 is 4.90 Å². The SMILES string of the molecule is O=[N+]([O-])c1cccc(CN2CCN(c3cccc(Cl)c3)CC2)c1. The first-order valence-electron chi connectivity index (χ1n) is 7.58. The maximum atomic E-state index is 10.8. The van der Waals surface area contributed by atoms with E-state index < -0.39 is 0 Å². The van der Waals surface area contributed by atoms with Gasteiger partial charge in [-0.15, -0.1) is 0 Å². The summed E-state index contributed by atoms with van der Waals surface area (Å²) in [4.78, 5) is 15.1. The van der Waals surface area contributed by atoms with Crippen LogP contribution in [0.2, 0.25) is 5.02 Å². The molecule has 23 heavy (non-hydrogen) atoms. The van der Waals surface area contributed by atoms with Crippen LogP contribution in [0.25, 0.3) is 0 Å². The smallest absolute Gasteiger partial charge is 0.269 e. The Bertz CT molecular complexity index is 700. The van der Waals surface area contributed by atoms with Crippen LogP contribution in [0.1, 0.15) is 5.56 Å². The van der Waals surface area contributed by atoms with Gasteiger partial charge in [0.25, 0.3) is 5.69 Å². The molecular formula is C17H18ClN3O2. The van der Waals surface area contributed by atoms with Gasteiger partial charge < -0.3 is 4.90 Å². The van der Waals surface area contributed by atoms with E-state index in [1.165, 1.54) is 6.07 Å². The highest BCUT2D eigenvalue weighted by Gasteiger charge is 2.18. The summed E-state index contributed by atoms with van der Waals surface area (Å²) >= 11 is 6.05. The van der Waals surface area contributed by atoms with Crippen LogP contribution in [0, 0.1) is 10.1 Å². The topological polar surface area (TPSA) is 49.6 Å². The number of halogens is 1. The fourth-order valence-electron chi connectivity index (χ4n) is 2.86. The van der Waals surface area contributed by atoms with Crippen molar-refractivity contribution in [3.63, 3.8) is 0 Å². The maximum Gasteiger partial charge on any atom is 0.269 e. The van der Waals surface area contributed by atoms with Crippen molar-refractivity contribution in [2.45, 2.75) is 6.54 Å². The molecule has 3 rings (SSSR count). The molecule has 2 aromatic rings. The average Bonchev–Trinajstić information content (AvgIpc) is 2.56. The van der Waals surface area contributed by atoms with Gasteiger partial charge in [-0.05, 0) is 23.8 Å². The van der Waals surface area contributed by atoms with Crippen molar-refractivity contribution in [3.8, 4) is 0 Å². The molecule has 6 heteroatoms. The van der Waals surface area contributed by atoms with Crippen molar-refractivity contribution in [2.75, 3.05) is 31.1 Å². The van der Waals surface area contributed by atoms with E-state index in [0.717, 1.165) is 49.0 Å². The molecule has 0 radical (unpaired) electrons. The van der Waals surface area contributed by atoms with E-state index in [4.69, 9.17) is 11.6 Å². The fraction of sp³-hybridized carbons (Fsp3) is 0.294. The maximum absolute atomic E-state index is 10.8. The summed E-state index contributed by atoms with van der Waals surface area (Å²) in [5.41, 5.74) is 2.28. The lowest BCUT2D eigenvalue weighted by Crippen LogP contribution is -2.45. The summed E-state index contributed by atoms with van der Waals surface area (Å²) < 4.78 is 0. The van der Waals surface area contributed by atoms with E-state index >= 15 is 0 Å². The van der Waals surface area contributed by atoms with Crippen LogP contribution >= 0.6 is 11.6 Å². The quantitative estimate of drug-likeness (QED) is 0.635. The van der Waals surface area contributed by atoms with Gasteiger partial charge in [0.1, 0.15) is 0 Å². The second-order valence-corrected chi connectivity index (χ2v) is 6.11. The lowest BCUT2D eigenvalue weighted by Gasteiger charge is -2.36. The first-order valence-corrected chi connectivity index (χ1v) is 7.96. The summed E-state index contributed by atoms with van der Waals surface area (Å²) in [7, 11) is 0. The standard InChI is InChI=1S/C17H18ClN3O2/c18-15-4-2-5-16(12-15)20-9-7-19(8-10-20)13-14-3-1-6-17(11-14)21(22)23/h1-6,11-12H,7-10,13H2. The third-order valence-corrected chi connectivity index (χ3v) is 4.31. The molecule has 2 aromatic carbocycles. The van der Waals surface area contributed by atoms with E-state index in [2.05, 4.69) is 15.9 Å². The van der Waals surface area contributed by atoms with Gasteiger partial charge in [0.15, 0.2) is 0 Å². The summed E-state index contributed by atoms with van der Waals surface area (Å²) in [5.74, 6) is 0. The molecule has 120 valence electrons. The highest BCUT2D eigenvalue weighted by atomic mass is 35.5. The fourth-order valence-corrected chi connectivity index (χ4v) is 3.05. The predicted octanol–water partition coefficient (Wildman–Crippen LogP) is 3.57. The van der Waals surface area contributed by atoms with Crippen molar-refractivity contribution in [1.82, 2.24) is 4.90 Å². The molecule has 0 unspecified atom stereocenters. The van der Waals surface area contributed by atoms with Gasteiger partial charge >= 0.3 is 0 Å². The number of nitro groups is 1. The summed E-state index contributed by atoms with van der Waals surface area (Å²) in [5, 5.41) is 11.6. The summed E-state index contributed by atoms with van der Waals surface area (Å²) in [6, 6.07) is 14.8. The van der Waals surface area contributed by atoms with Gasteiger partial charge in [0, 0.05) is 55.6 Å². The van der Waals surface area contributed by atoms with Crippen LogP contribution in [0.3, 0.4) is 0 Å². The Morgan fingerprint density at radius 1 is 1.04 bits per heavy atom. The number of nitro benzene ring substituents is 1. The first-order chi connectivity index (χ1) is 11.1. The zero-order valence-electron chi connectivity index (χ0n) is 12.7. The van der Waals surface area contributed by atoms with Crippen molar-refractivity contribution in [3.05, 3.63) is 69.2 Å². The number of nitrogens with zero attached hydrogens (tertiary/aromatic N) is 3. The van der Waals surface area contributed by atoms with Gasteiger partial charge in [-0.2, -0.15) is 0 Å². The van der Waals surface area contributed by atoms with Gasteiger partial charge in [0.2, 0.25) is 0 Å². The Hall–Kier alpha value is -2.11. The van der Waals surface area contributed by atoms with Crippen molar-refractivity contribution >= 4 is 23.0 Å². The number of non-ortho nitro benzene ring substituents is 1. The van der Waals surface area contributed by atoms with E-state index in [9.17, 15) is 10.1 Å². The number of benzene rings is 2. The molecular weight excluding hydrogens is 314 g/mol. The monoisotopic (exact) mass is 331 g/mol. The van der Waals surface area contributed by atoms with Crippen molar-refractivity contribution in [1.29, 1.82) is 0 Å². The molecule has 1 aliphatic heterocycles. The van der Waals surface area contributed by atoms with E-state index in [0.29, 0.717) is 0 Å². The summed E-state index contributed by atoms with van der Waals surface area (Å²) in [6.07, 6.45) is 0. The molecule has 1 saturated heterocycles. The highest BCUT2D eigenvalue weighted by molar-refractivity contribution is 6.30. The molecule has 1 aliphatic rings. The lowest BCUT2D eigenvalue weighted by atomic mass is 10.1. The Morgan fingerprint density at radius 3 is 2.48 bits per heavy atom. The molecule has 0 aromatic heterocycles. The molecule has 0 bridgehead atoms. The minimum absolute atomic E-state index is 0.153. The Labute approximate surface area is 140 Å². The largest absolute Gasteiger partial charge is 0.369 e. The van der Waals surface area contributed by atoms with Gasteiger partial charge in [-0.3, -0.25) is 15.0 Å². The minimum atomic E-state index is -0.347. The Kier molecular flexibility index (Phi) is 4.79. The molecule has 0 spiro atoms. The average molecular weight is 332 g/mol. The molecule has 5 nitrogen and oxygen atoms in total. The number of piperazine rings is 1. The zero-order chi connectivity index (χ0) is 16.2. The first kappa shape index (κ1) is 15.8. The molecule has 1 heterocycles. The van der Waals surface area contributed by atoms with Crippen LogP contribution in [-0.2, 0) is 6.54 Å². The molecule has 0 saturated carbocycles. The van der Waals surface area contributed by atoms with Crippen molar-refractivity contribution < 1.29 is 4.92 Å². The molecule has 0 aliphatic carbocycles. The number of rotatable bonds is 4. The second-order valence-electron chi connectivity index (χ2n) is 5.67. The van der Waals surface area contributed by atoms with E-state index in [1.54, 1.807) is 12.1 Å². The third-order valence-electron chi connectivity index (χ3n) is 4.07. The molecule has 0 amide bonds. The number of anilines is 1. The van der Waals surface area contributed by atoms with Crippen LogP contribution in [0.4, 0.5) is 11.4 Å². The summed E-state index contributed by atoms with van der Waals surface area (Å²) in [6.45, 7) is 4.44.